The fourth-order valence-corrected chi connectivity index (χ4v) is 2.34. The number of hydrogen-bond acceptors (Lipinski definition) is 3. The van der Waals surface area contributed by atoms with Crippen LogP contribution in [0.15, 0.2) is 24.3 Å². The molecule has 1 amide bonds. The summed E-state index contributed by atoms with van der Waals surface area (Å²) in [6, 6.07) is 6.86. The molecule has 1 aromatic carbocycles. The number of nitrogens with zero attached hydrogens (tertiary/aromatic N) is 1. The number of carbonyl (C=O) groups is 2. The molecule has 5 nitrogen and oxygen atoms in total. The molecule has 1 aliphatic heterocycles. The topological polar surface area (TPSA) is 66.8 Å². The third-order valence-electron chi connectivity index (χ3n) is 3.37. The van der Waals surface area contributed by atoms with E-state index < -0.39 is 12.0 Å². The zero-order valence-electron chi connectivity index (χ0n) is 10.8. The smallest absolute Gasteiger partial charge is 0.326 e. The van der Waals surface area contributed by atoms with E-state index in [1.54, 1.807) is 0 Å². The number of hydrogen-bond donors (Lipinski definition) is 1. The van der Waals surface area contributed by atoms with Gasteiger partial charge < -0.3 is 14.7 Å². The van der Waals surface area contributed by atoms with E-state index in [4.69, 9.17) is 4.74 Å². The van der Waals surface area contributed by atoms with Crippen LogP contribution in [0, 0.1) is 0 Å². The predicted molar refractivity (Wildman–Crippen MR) is 68.6 cm³/mol. The number of fused-ring (bicyclic) bond motifs is 1. The lowest BCUT2D eigenvalue weighted by molar-refractivity contribution is -0.151. The normalized spacial score (nSPS) is 17.9. The van der Waals surface area contributed by atoms with E-state index in [1.807, 2.05) is 24.3 Å². The minimum absolute atomic E-state index is 0.177. The molecule has 1 heterocycles. The minimum Gasteiger partial charge on any atom is -0.480 e. The highest BCUT2D eigenvalue weighted by Gasteiger charge is 2.33. The first-order valence-corrected chi connectivity index (χ1v) is 6.21. The van der Waals surface area contributed by atoms with Crippen LogP contribution in [0.5, 0.6) is 0 Å². The Morgan fingerprint density at radius 3 is 2.68 bits per heavy atom. The van der Waals surface area contributed by atoms with Gasteiger partial charge in [0.15, 0.2) is 0 Å². The molecule has 0 saturated heterocycles. The van der Waals surface area contributed by atoms with Gasteiger partial charge in [-0.05, 0) is 11.1 Å². The van der Waals surface area contributed by atoms with Crippen molar-refractivity contribution < 1.29 is 19.4 Å². The zero-order chi connectivity index (χ0) is 13.8. The molecule has 0 spiro atoms. The standard InChI is InChI=1S/C14H17NO4/c1-19-7-6-13(16)15-9-11-5-3-2-4-10(11)8-12(15)14(17)18/h2-5,12H,6-9H2,1H3,(H,17,18)/t12-/m0/s1. The average molecular weight is 263 g/mol. The van der Waals surface area contributed by atoms with E-state index in [-0.39, 0.29) is 12.3 Å². The molecule has 0 aromatic heterocycles. The summed E-state index contributed by atoms with van der Waals surface area (Å²) in [7, 11) is 1.52. The summed E-state index contributed by atoms with van der Waals surface area (Å²) in [6.07, 6.45) is 0.576. The molecular weight excluding hydrogens is 246 g/mol. The van der Waals surface area contributed by atoms with E-state index in [0.29, 0.717) is 19.6 Å². The van der Waals surface area contributed by atoms with E-state index in [9.17, 15) is 14.7 Å². The molecule has 0 saturated carbocycles. The van der Waals surface area contributed by atoms with Crippen molar-refractivity contribution in [1.82, 2.24) is 4.90 Å². The molecule has 1 aromatic rings. The summed E-state index contributed by atoms with van der Waals surface area (Å²) in [5, 5.41) is 9.28. The predicted octanol–water partition coefficient (Wildman–Crippen LogP) is 1.06. The van der Waals surface area contributed by atoms with Gasteiger partial charge in [-0.2, -0.15) is 0 Å². The number of carboxylic acids is 1. The number of methoxy groups -OCH3 is 1. The van der Waals surface area contributed by atoms with Gasteiger partial charge in [0.05, 0.1) is 13.0 Å². The maximum atomic E-state index is 12.1. The van der Waals surface area contributed by atoms with Crippen molar-refractivity contribution in [2.24, 2.45) is 0 Å². The molecule has 0 unspecified atom stereocenters. The van der Waals surface area contributed by atoms with E-state index in [2.05, 4.69) is 0 Å². The number of aliphatic carboxylic acids is 1. The van der Waals surface area contributed by atoms with Gasteiger partial charge in [-0.1, -0.05) is 24.3 Å². The van der Waals surface area contributed by atoms with Crippen LogP contribution < -0.4 is 0 Å². The first kappa shape index (κ1) is 13.5. The molecular formula is C14H17NO4. The first-order chi connectivity index (χ1) is 9.13. The van der Waals surface area contributed by atoms with Crippen LogP contribution in [0.25, 0.3) is 0 Å². The second-order valence-electron chi connectivity index (χ2n) is 4.59. The third-order valence-corrected chi connectivity index (χ3v) is 3.37. The molecule has 1 N–H and O–H groups in total. The summed E-state index contributed by atoms with van der Waals surface area (Å²) in [4.78, 5) is 24.8. The Bertz CT molecular complexity index is 486. The second-order valence-corrected chi connectivity index (χ2v) is 4.59. The number of ether oxygens (including phenoxy) is 1. The Morgan fingerprint density at radius 1 is 1.37 bits per heavy atom. The average Bonchev–Trinajstić information content (AvgIpc) is 2.43. The van der Waals surface area contributed by atoms with Crippen LogP contribution in [0.3, 0.4) is 0 Å². The molecule has 0 radical (unpaired) electrons. The summed E-state index contributed by atoms with van der Waals surface area (Å²) in [5.74, 6) is -1.14. The zero-order valence-corrected chi connectivity index (χ0v) is 10.8. The Kier molecular flexibility index (Phi) is 4.16. The highest BCUT2D eigenvalue weighted by molar-refractivity contribution is 5.84. The molecule has 19 heavy (non-hydrogen) atoms. The lowest BCUT2D eigenvalue weighted by Crippen LogP contribution is -2.48. The fourth-order valence-electron chi connectivity index (χ4n) is 2.34. The van der Waals surface area contributed by atoms with Crippen molar-refractivity contribution in [2.75, 3.05) is 13.7 Å². The van der Waals surface area contributed by atoms with Crippen molar-refractivity contribution >= 4 is 11.9 Å². The van der Waals surface area contributed by atoms with Gasteiger partial charge in [-0.3, -0.25) is 4.79 Å². The number of rotatable bonds is 4. The van der Waals surface area contributed by atoms with Crippen molar-refractivity contribution in [1.29, 1.82) is 0 Å². The maximum absolute atomic E-state index is 12.1. The third kappa shape index (κ3) is 2.93. The molecule has 1 aliphatic rings. The van der Waals surface area contributed by atoms with Gasteiger partial charge in [0, 0.05) is 20.1 Å². The van der Waals surface area contributed by atoms with Gasteiger partial charge in [0.1, 0.15) is 6.04 Å². The molecule has 5 heteroatoms. The molecule has 0 aliphatic carbocycles. The number of amides is 1. The van der Waals surface area contributed by atoms with Crippen LogP contribution in [-0.2, 0) is 27.3 Å². The number of carbonyl (C=O) groups excluding carboxylic acids is 1. The summed E-state index contributed by atoms with van der Waals surface area (Å²) < 4.78 is 4.87. The lowest BCUT2D eigenvalue weighted by Gasteiger charge is -2.34. The van der Waals surface area contributed by atoms with Gasteiger partial charge in [0.2, 0.25) is 5.91 Å². The van der Waals surface area contributed by atoms with E-state index in [1.165, 1.54) is 12.0 Å². The lowest BCUT2D eigenvalue weighted by atomic mass is 9.94. The monoisotopic (exact) mass is 263 g/mol. The second kappa shape index (κ2) is 5.84. The number of carboxylic acid groups (broad SMARTS) is 1. The molecule has 0 bridgehead atoms. The Morgan fingerprint density at radius 2 is 2.05 bits per heavy atom. The quantitative estimate of drug-likeness (QED) is 0.882. The SMILES string of the molecule is COCCC(=O)N1Cc2ccccc2C[C@H]1C(=O)O. The number of benzene rings is 1. The Balaban J connectivity index is 2.21. The van der Waals surface area contributed by atoms with Crippen molar-refractivity contribution in [3.05, 3.63) is 35.4 Å². The van der Waals surface area contributed by atoms with Crippen LogP contribution in [-0.4, -0.2) is 41.6 Å². The van der Waals surface area contributed by atoms with Crippen molar-refractivity contribution in [2.45, 2.75) is 25.4 Å². The largest absolute Gasteiger partial charge is 0.480 e. The molecule has 102 valence electrons. The minimum atomic E-state index is -0.958. The molecule has 2 rings (SSSR count). The highest BCUT2D eigenvalue weighted by atomic mass is 16.5. The first-order valence-electron chi connectivity index (χ1n) is 6.21. The van der Waals surface area contributed by atoms with E-state index >= 15 is 0 Å². The summed E-state index contributed by atoms with van der Waals surface area (Å²) in [6.45, 7) is 0.666. The van der Waals surface area contributed by atoms with Crippen molar-refractivity contribution in [3.63, 3.8) is 0 Å². The van der Waals surface area contributed by atoms with Gasteiger partial charge in [-0.15, -0.1) is 0 Å². The van der Waals surface area contributed by atoms with E-state index in [0.717, 1.165) is 11.1 Å². The molecule has 0 fully saturated rings. The molecule has 1 atom stereocenters. The van der Waals surface area contributed by atoms with Crippen LogP contribution >= 0.6 is 0 Å². The van der Waals surface area contributed by atoms with Crippen LogP contribution in [0.2, 0.25) is 0 Å². The Hall–Kier alpha value is -1.88. The van der Waals surface area contributed by atoms with Gasteiger partial charge in [0.25, 0.3) is 0 Å². The highest BCUT2D eigenvalue weighted by Crippen LogP contribution is 2.24. The van der Waals surface area contributed by atoms with Crippen molar-refractivity contribution in [3.8, 4) is 0 Å². The van der Waals surface area contributed by atoms with Crippen LogP contribution in [0.1, 0.15) is 17.5 Å². The van der Waals surface area contributed by atoms with Crippen LogP contribution in [0.4, 0.5) is 0 Å². The maximum Gasteiger partial charge on any atom is 0.326 e. The fraction of sp³-hybridized carbons (Fsp3) is 0.429. The van der Waals surface area contributed by atoms with Gasteiger partial charge in [-0.25, -0.2) is 4.79 Å². The summed E-state index contributed by atoms with van der Waals surface area (Å²) >= 11 is 0. The Labute approximate surface area is 111 Å². The summed E-state index contributed by atoms with van der Waals surface area (Å²) in [5.41, 5.74) is 2.02. The van der Waals surface area contributed by atoms with Gasteiger partial charge >= 0.3 is 5.97 Å².